The third-order valence-electron chi connectivity index (χ3n) is 6.12. The first-order chi connectivity index (χ1) is 15.8. The molecule has 1 aliphatic rings. The van der Waals surface area contributed by atoms with E-state index in [0.29, 0.717) is 35.4 Å². The number of primary amides is 1. The molecule has 1 aliphatic heterocycles. The minimum atomic E-state index is -0.610. The van der Waals surface area contributed by atoms with Crippen LogP contribution in [0.1, 0.15) is 60.1 Å². The van der Waals surface area contributed by atoms with Crippen molar-refractivity contribution in [2.45, 2.75) is 38.5 Å². The molecule has 1 saturated heterocycles. The molecule has 0 spiro atoms. The molecule has 2 amide bonds. The molecule has 0 bridgehead atoms. The van der Waals surface area contributed by atoms with Crippen molar-refractivity contribution in [2.24, 2.45) is 5.73 Å². The number of hydrogen-bond acceptors (Lipinski definition) is 4. The summed E-state index contributed by atoms with van der Waals surface area (Å²) in [5.41, 5.74) is 8.11. The second kappa shape index (κ2) is 9.57. The van der Waals surface area contributed by atoms with Crippen molar-refractivity contribution < 1.29 is 18.7 Å². The maximum Gasteiger partial charge on any atom is 0.260 e. The summed E-state index contributed by atoms with van der Waals surface area (Å²) >= 11 is 0. The van der Waals surface area contributed by atoms with Crippen LogP contribution in [0.4, 0.5) is 4.39 Å². The number of pyridine rings is 1. The fourth-order valence-corrected chi connectivity index (χ4v) is 4.42. The van der Waals surface area contributed by atoms with E-state index >= 15 is 0 Å². The molecule has 3 aromatic rings. The van der Waals surface area contributed by atoms with Crippen LogP contribution in [0.5, 0.6) is 5.75 Å². The van der Waals surface area contributed by atoms with Gasteiger partial charge in [-0.1, -0.05) is 32.0 Å². The molecule has 2 heterocycles. The van der Waals surface area contributed by atoms with Gasteiger partial charge >= 0.3 is 0 Å². The quantitative estimate of drug-likeness (QED) is 0.605. The van der Waals surface area contributed by atoms with Crippen molar-refractivity contribution in [3.05, 3.63) is 71.2 Å². The lowest BCUT2D eigenvalue weighted by molar-refractivity contribution is -0.134. The van der Waals surface area contributed by atoms with E-state index in [9.17, 15) is 14.0 Å². The lowest BCUT2D eigenvalue weighted by Crippen LogP contribution is -2.42. The van der Waals surface area contributed by atoms with Crippen LogP contribution in [0.15, 0.2) is 48.5 Å². The molecular formula is C26H28FN3O3. The number of nitrogens with zero attached hydrogens (tertiary/aromatic N) is 2. The molecule has 1 aromatic heterocycles. The summed E-state index contributed by atoms with van der Waals surface area (Å²) in [4.78, 5) is 31.5. The standard InChI is InChI=1S/C26H28FN3O3/c1-16(2)20-7-3-4-8-23(20)33-15-24(31)30-11-5-6-17(14-30)25-21(26(28)32)13-18-12-19(27)9-10-22(18)29-25/h3-4,7-10,12-13,16-17H,5-6,11,14-15H2,1-2H3,(H2,28,32). The van der Waals surface area contributed by atoms with Crippen LogP contribution in [0.3, 0.4) is 0 Å². The summed E-state index contributed by atoms with van der Waals surface area (Å²) in [5.74, 6) is -0.254. The number of rotatable bonds is 6. The van der Waals surface area contributed by atoms with Gasteiger partial charge in [-0.2, -0.15) is 0 Å². The molecule has 172 valence electrons. The number of aromatic nitrogens is 1. The van der Waals surface area contributed by atoms with Crippen molar-refractivity contribution in [1.82, 2.24) is 9.88 Å². The van der Waals surface area contributed by atoms with Crippen LogP contribution in [-0.2, 0) is 4.79 Å². The number of fused-ring (bicyclic) bond motifs is 1. The van der Waals surface area contributed by atoms with Gasteiger partial charge in [-0.25, -0.2) is 4.39 Å². The van der Waals surface area contributed by atoms with Gasteiger partial charge in [-0.15, -0.1) is 0 Å². The molecular weight excluding hydrogens is 421 g/mol. The van der Waals surface area contributed by atoms with Crippen LogP contribution in [-0.4, -0.2) is 41.4 Å². The van der Waals surface area contributed by atoms with Crippen LogP contribution in [0.2, 0.25) is 0 Å². The lowest BCUT2D eigenvalue weighted by Gasteiger charge is -2.33. The third kappa shape index (κ3) is 4.97. The van der Waals surface area contributed by atoms with Crippen LogP contribution in [0.25, 0.3) is 10.9 Å². The van der Waals surface area contributed by atoms with E-state index in [0.717, 1.165) is 18.4 Å². The van der Waals surface area contributed by atoms with Crippen molar-refractivity contribution in [2.75, 3.05) is 19.7 Å². The van der Waals surface area contributed by atoms with E-state index in [4.69, 9.17) is 10.5 Å². The highest BCUT2D eigenvalue weighted by atomic mass is 19.1. The Labute approximate surface area is 192 Å². The Morgan fingerprint density at radius 2 is 2.00 bits per heavy atom. The second-order valence-electron chi connectivity index (χ2n) is 8.78. The Kier molecular flexibility index (Phi) is 6.58. The summed E-state index contributed by atoms with van der Waals surface area (Å²) in [7, 11) is 0. The first kappa shape index (κ1) is 22.7. The molecule has 0 aliphatic carbocycles. The van der Waals surface area contributed by atoms with Crippen molar-refractivity contribution in [3.63, 3.8) is 0 Å². The first-order valence-corrected chi connectivity index (χ1v) is 11.2. The average molecular weight is 450 g/mol. The molecule has 4 rings (SSSR count). The van der Waals surface area contributed by atoms with Gasteiger partial charge in [-0.05, 0) is 54.7 Å². The van der Waals surface area contributed by atoms with Gasteiger partial charge in [0.1, 0.15) is 11.6 Å². The maximum absolute atomic E-state index is 13.6. The fraction of sp³-hybridized carbons (Fsp3) is 0.346. The van der Waals surface area contributed by atoms with Gasteiger partial charge in [-0.3, -0.25) is 14.6 Å². The van der Waals surface area contributed by atoms with Crippen molar-refractivity contribution in [1.29, 1.82) is 0 Å². The van der Waals surface area contributed by atoms with E-state index in [1.165, 1.54) is 12.1 Å². The molecule has 1 fully saturated rings. The largest absolute Gasteiger partial charge is 0.483 e. The minimum Gasteiger partial charge on any atom is -0.483 e. The highest BCUT2D eigenvalue weighted by Crippen LogP contribution is 2.31. The van der Waals surface area contributed by atoms with Gasteiger partial charge in [0, 0.05) is 24.4 Å². The minimum absolute atomic E-state index is 0.0520. The summed E-state index contributed by atoms with van der Waals surface area (Å²) < 4.78 is 19.5. The Morgan fingerprint density at radius 3 is 2.76 bits per heavy atom. The SMILES string of the molecule is CC(C)c1ccccc1OCC(=O)N1CCCC(c2nc3ccc(F)cc3cc2C(N)=O)C1. The van der Waals surface area contributed by atoms with E-state index in [1.807, 2.05) is 24.3 Å². The highest BCUT2D eigenvalue weighted by Gasteiger charge is 2.29. The fourth-order valence-electron chi connectivity index (χ4n) is 4.42. The molecule has 0 radical (unpaired) electrons. The van der Waals surface area contributed by atoms with Crippen LogP contribution in [0, 0.1) is 5.82 Å². The van der Waals surface area contributed by atoms with Gasteiger partial charge in [0.15, 0.2) is 6.61 Å². The van der Waals surface area contributed by atoms with E-state index in [2.05, 4.69) is 18.8 Å². The second-order valence-corrected chi connectivity index (χ2v) is 8.78. The van der Waals surface area contributed by atoms with Gasteiger partial charge in [0.05, 0.1) is 16.8 Å². The lowest BCUT2D eigenvalue weighted by atomic mass is 9.90. The monoisotopic (exact) mass is 449 g/mol. The molecule has 7 heteroatoms. The summed E-state index contributed by atoms with van der Waals surface area (Å²) in [6.45, 7) is 5.16. The number of ether oxygens (including phenoxy) is 1. The number of piperidine rings is 1. The number of likely N-dealkylation sites (tertiary alicyclic amines) is 1. The topological polar surface area (TPSA) is 85.5 Å². The van der Waals surface area contributed by atoms with Crippen LogP contribution >= 0.6 is 0 Å². The van der Waals surface area contributed by atoms with E-state index < -0.39 is 11.7 Å². The molecule has 2 aromatic carbocycles. The van der Waals surface area contributed by atoms with Gasteiger partial charge in [0.25, 0.3) is 11.8 Å². The Morgan fingerprint density at radius 1 is 1.21 bits per heavy atom. The number of hydrogen-bond donors (Lipinski definition) is 1. The van der Waals surface area contributed by atoms with Gasteiger partial charge < -0.3 is 15.4 Å². The molecule has 0 saturated carbocycles. The predicted octanol–water partition coefficient (Wildman–Crippen LogP) is 4.38. The zero-order chi connectivity index (χ0) is 23.5. The summed E-state index contributed by atoms with van der Waals surface area (Å²) in [5, 5.41) is 0.522. The smallest absolute Gasteiger partial charge is 0.260 e. The number of halogens is 1. The first-order valence-electron chi connectivity index (χ1n) is 11.2. The van der Waals surface area contributed by atoms with Crippen molar-refractivity contribution >= 4 is 22.7 Å². The normalized spacial score (nSPS) is 16.2. The Hall–Kier alpha value is -3.48. The Balaban J connectivity index is 1.52. The van der Waals surface area contributed by atoms with Crippen molar-refractivity contribution in [3.8, 4) is 5.75 Å². The molecule has 2 N–H and O–H groups in total. The van der Waals surface area contributed by atoms with Crippen LogP contribution < -0.4 is 10.5 Å². The predicted molar refractivity (Wildman–Crippen MR) is 125 cm³/mol. The number of carbonyl (C=O) groups excluding carboxylic acids is 2. The zero-order valence-corrected chi connectivity index (χ0v) is 18.9. The third-order valence-corrected chi connectivity index (χ3v) is 6.12. The Bertz CT molecular complexity index is 1190. The summed E-state index contributed by atoms with van der Waals surface area (Å²) in [6, 6.07) is 13.6. The highest BCUT2D eigenvalue weighted by molar-refractivity contribution is 5.98. The number of amides is 2. The summed E-state index contributed by atoms with van der Waals surface area (Å²) in [6.07, 6.45) is 1.56. The zero-order valence-electron chi connectivity index (χ0n) is 18.9. The number of para-hydroxylation sites is 1. The number of nitrogens with two attached hydrogens (primary N) is 1. The molecule has 33 heavy (non-hydrogen) atoms. The van der Waals surface area contributed by atoms with E-state index in [1.54, 1.807) is 17.0 Å². The number of benzene rings is 2. The maximum atomic E-state index is 13.6. The van der Waals surface area contributed by atoms with Gasteiger partial charge in [0.2, 0.25) is 0 Å². The average Bonchev–Trinajstić information content (AvgIpc) is 2.81. The van der Waals surface area contributed by atoms with E-state index in [-0.39, 0.29) is 29.9 Å². The molecule has 6 nitrogen and oxygen atoms in total. The molecule has 1 unspecified atom stereocenters. The molecule has 1 atom stereocenters. The number of carbonyl (C=O) groups is 2.